The molecule has 110 valence electrons. The zero-order valence-corrected chi connectivity index (χ0v) is 12.0. The van der Waals surface area contributed by atoms with E-state index < -0.39 is 4.92 Å². The molecular weight excluding hydrogens is 270 g/mol. The van der Waals surface area contributed by atoms with Crippen LogP contribution >= 0.6 is 0 Å². The van der Waals surface area contributed by atoms with Gasteiger partial charge in [-0.05, 0) is 17.5 Å². The third-order valence-corrected chi connectivity index (χ3v) is 3.15. The zero-order chi connectivity index (χ0) is 15.2. The van der Waals surface area contributed by atoms with E-state index in [1.807, 2.05) is 24.3 Å². The van der Waals surface area contributed by atoms with Gasteiger partial charge in [-0.2, -0.15) is 4.98 Å². The molecule has 1 N–H and O–H groups in total. The van der Waals surface area contributed by atoms with Crippen LogP contribution in [0, 0.1) is 10.1 Å². The van der Waals surface area contributed by atoms with E-state index in [-0.39, 0.29) is 11.5 Å². The summed E-state index contributed by atoms with van der Waals surface area (Å²) in [6, 6.07) is 10.9. The molecule has 0 amide bonds. The molecule has 1 heterocycles. The van der Waals surface area contributed by atoms with E-state index in [4.69, 9.17) is 4.74 Å². The first kappa shape index (κ1) is 14.8. The normalized spacial score (nSPS) is 10.2. The fourth-order valence-corrected chi connectivity index (χ4v) is 1.90. The average Bonchev–Trinajstić information content (AvgIpc) is 2.52. The monoisotopic (exact) mass is 287 g/mol. The summed E-state index contributed by atoms with van der Waals surface area (Å²) >= 11 is 0. The molecular formula is C15H17N3O3. The Labute approximate surface area is 122 Å². The van der Waals surface area contributed by atoms with E-state index in [1.165, 1.54) is 24.8 Å². The van der Waals surface area contributed by atoms with Crippen molar-refractivity contribution in [3.63, 3.8) is 0 Å². The van der Waals surface area contributed by atoms with Gasteiger partial charge in [-0.15, -0.1) is 0 Å². The van der Waals surface area contributed by atoms with Gasteiger partial charge in [0, 0.05) is 18.7 Å². The van der Waals surface area contributed by atoms with Crippen molar-refractivity contribution in [1.29, 1.82) is 0 Å². The number of aromatic nitrogens is 1. The highest BCUT2D eigenvalue weighted by atomic mass is 16.6. The Balaban J connectivity index is 2.15. The zero-order valence-electron chi connectivity index (χ0n) is 12.0. The summed E-state index contributed by atoms with van der Waals surface area (Å²) in [5, 5.41) is 14.0. The van der Waals surface area contributed by atoms with E-state index in [2.05, 4.69) is 17.2 Å². The maximum atomic E-state index is 11.0. The Kier molecular flexibility index (Phi) is 4.71. The summed E-state index contributed by atoms with van der Waals surface area (Å²) in [5.41, 5.74) is 2.22. The highest BCUT2D eigenvalue weighted by Gasteiger charge is 2.16. The molecule has 2 aromatic rings. The Morgan fingerprint density at radius 3 is 2.43 bits per heavy atom. The summed E-state index contributed by atoms with van der Waals surface area (Å²) in [6.07, 6.45) is 0.983. The van der Waals surface area contributed by atoms with Crippen molar-refractivity contribution in [2.24, 2.45) is 0 Å². The number of ether oxygens (including phenoxy) is 1. The number of nitro groups is 1. The maximum absolute atomic E-state index is 11.0. The Morgan fingerprint density at radius 1 is 1.19 bits per heavy atom. The number of nitrogens with one attached hydrogen (secondary N) is 1. The third kappa shape index (κ3) is 3.68. The van der Waals surface area contributed by atoms with Crippen molar-refractivity contribution in [3.8, 4) is 5.88 Å². The fraction of sp³-hybridized carbons (Fsp3) is 0.267. The number of methoxy groups -OCH3 is 1. The van der Waals surface area contributed by atoms with E-state index in [1.54, 1.807) is 0 Å². The Bertz CT molecular complexity index is 627. The Hall–Kier alpha value is -2.63. The van der Waals surface area contributed by atoms with E-state index in [0.29, 0.717) is 12.4 Å². The summed E-state index contributed by atoms with van der Waals surface area (Å²) in [4.78, 5) is 14.6. The van der Waals surface area contributed by atoms with Gasteiger partial charge in [-0.25, -0.2) is 0 Å². The molecule has 0 spiro atoms. The molecule has 0 aliphatic carbocycles. The molecule has 21 heavy (non-hydrogen) atoms. The molecule has 0 fully saturated rings. The summed E-state index contributed by atoms with van der Waals surface area (Å²) < 4.78 is 5.00. The van der Waals surface area contributed by atoms with Gasteiger partial charge in [0.1, 0.15) is 0 Å². The molecule has 0 aliphatic rings. The predicted octanol–water partition coefficient (Wildman–Crippen LogP) is 3.17. The van der Waals surface area contributed by atoms with Gasteiger partial charge in [-0.3, -0.25) is 10.1 Å². The van der Waals surface area contributed by atoms with Crippen molar-refractivity contribution < 1.29 is 9.66 Å². The van der Waals surface area contributed by atoms with Crippen LogP contribution in [-0.4, -0.2) is 17.0 Å². The van der Waals surface area contributed by atoms with E-state index in [0.717, 1.165) is 12.0 Å². The lowest BCUT2D eigenvalue weighted by atomic mass is 10.1. The Morgan fingerprint density at radius 2 is 1.86 bits per heavy atom. The second-order valence-electron chi connectivity index (χ2n) is 4.50. The van der Waals surface area contributed by atoms with Crippen LogP contribution in [0.15, 0.2) is 36.4 Å². The van der Waals surface area contributed by atoms with Crippen LogP contribution in [0.25, 0.3) is 0 Å². The minimum absolute atomic E-state index is 0.0685. The standard InChI is InChI=1S/C15H17N3O3/c1-3-11-4-6-12(7-5-11)10-16-15-13(18(19)20)8-9-14(17-15)21-2/h4-9H,3,10H2,1-2H3,(H,16,17). The molecule has 0 radical (unpaired) electrons. The first-order valence-corrected chi connectivity index (χ1v) is 6.65. The minimum Gasteiger partial charge on any atom is -0.481 e. The second kappa shape index (κ2) is 6.69. The highest BCUT2D eigenvalue weighted by molar-refractivity contribution is 5.57. The van der Waals surface area contributed by atoms with Gasteiger partial charge < -0.3 is 10.1 Å². The van der Waals surface area contributed by atoms with Gasteiger partial charge in [0.25, 0.3) is 0 Å². The smallest absolute Gasteiger partial charge is 0.311 e. The molecule has 0 atom stereocenters. The molecule has 6 nitrogen and oxygen atoms in total. The molecule has 1 aromatic heterocycles. The SMILES string of the molecule is CCc1ccc(CNc2nc(OC)ccc2[N+](=O)[O-])cc1. The van der Waals surface area contributed by atoms with Crippen LogP contribution in [-0.2, 0) is 13.0 Å². The number of rotatable bonds is 6. The lowest BCUT2D eigenvalue weighted by molar-refractivity contribution is -0.384. The van der Waals surface area contributed by atoms with Gasteiger partial charge in [0.15, 0.2) is 0 Å². The van der Waals surface area contributed by atoms with Crippen molar-refractivity contribution in [1.82, 2.24) is 4.98 Å². The molecule has 0 saturated carbocycles. The number of nitrogens with zero attached hydrogens (tertiary/aromatic N) is 2. The predicted molar refractivity (Wildman–Crippen MR) is 80.6 cm³/mol. The van der Waals surface area contributed by atoms with Gasteiger partial charge in [0.2, 0.25) is 11.7 Å². The van der Waals surface area contributed by atoms with Gasteiger partial charge >= 0.3 is 5.69 Å². The number of hydrogen-bond donors (Lipinski definition) is 1. The third-order valence-electron chi connectivity index (χ3n) is 3.15. The topological polar surface area (TPSA) is 77.3 Å². The van der Waals surface area contributed by atoms with Crippen molar-refractivity contribution in [2.75, 3.05) is 12.4 Å². The molecule has 0 aliphatic heterocycles. The first-order valence-electron chi connectivity index (χ1n) is 6.65. The maximum Gasteiger partial charge on any atom is 0.311 e. The lowest BCUT2D eigenvalue weighted by Gasteiger charge is -2.08. The molecule has 6 heteroatoms. The molecule has 0 bridgehead atoms. The summed E-state index contributed by atoms with van der Waals surface area (Å²) in [7, 11) is 1.47. The summed E-state index contributed by atoms with van der Waals surface area (Å²) in [5.74, 6) is 0.545. The van der Waals surface area contributed by atoms with Crippen molar-refractivity contribution >= 4 is 11.5 Å². The fourth-order valence-electron chi connectivity index (χ4n) is 1.90. The molecule has 0 unspecified atom stereocenters. The first-order chi connectivity index (χ1) is 10.1. The van der Waals surface area contributed by atoms with Gasteiger partial charge in [0.05, 0.1) is 12.0 Å². The highest BCUT2D eigenvalue weighted by Crippen LogP contribution is 2.25. The van der Waals surface area contributed by atoms with E-state index in [9.17, 15) is 10.1 Å². The molecule has 0 saturated heterocycles. The quantitative estimate of drug-likeness (QED) is 0.652. The van der Waals surface area contributed by atoms with Crippen molar-refractivity contribution in [2.45, 2.75) is 19.9 Å². The van der Waals surface area contributed by atoms with Crippen LogP contribution in [0.2, 0.25) is 0 Å². The lowest BCUT2D eigenvalue weighted by Crippen LogP contribution is -2.05. The van der Waals surface area contributed by atoms with E-state index >= 15 is 0 Å². The number of pyridine rings is 1. The van der Waals surface area contributed by atoms with Crippen molar-refractivity contribution in [3.05, 3.63) is 57.6 Å². The number of anilines is 1. The van der Waals surface area contributed by atoms with Crippen LogP contribution in [0.3, 0.4) is 0 Å². The minimum atomic E-state index is -0.463. The number of hydrogen-bond acceptors (Lipinski definition) is 5. The van der Waals surface area contributed by atoms with Gasteiger partial charge in [-0.1, -0.05) is 31.2 Å². The van der Waals surface area contributed by atoms with Crippen LogP contribution in [0.4, 0.5) is 11.5 Å². The van der Waals surface area contributed by atoms with Crippen LogP contribution < -0.4 is 10.1 Å². The molecule has 1 aromatic carbocycles. The number of aryl methyl sites for hydroxylation is 1. The number of benzene rings is 1. The largest absolute Gasteiger partial charge is 0.481 e. The van der Waals surface area contributed by atoms with Crippen LogP contribution in [0.5, 0.6) is 5.88 Å². The summed E-state index contributed by atoms with van der Waals surface area (Å²) in [6.45, 7) is 2.56. The molecule has 2 rings (SSSR count). The second-order valence-corrected chi connectivity index (χ2v) is 4.50. The average molecular weight is 287 g/mol. The van der Waals surface area contributed by atoms with Crippen LogP contribution in [0.1, 0.15) is 18.1 Å².